The molecular formula is C12H16N4. The number of pyridine rings is 1. The van der Waals surface area contributed by atoms with Crippen LogP contribution in [0.3, 0.4) is 0 Å². The fourth-order valence-corrected chi connectivity index (χ4v) is 1.65. The Kier molecular flexibility index (Phi) is 3.31. The number of nitrogens with zero attached hydrogens (tertiary/aromatic N) is 2. The van der Waals surface area contributed by atoms with E-state index in [2.05, 4.69) is 20.5 Å². The summed E-state index contributed by atoms with van der Waals surface area (Å²) in [7, 11) is 0. The Morgan fingerprint density at radius 2 is 2.12 bits per heavy atom. The van der Waals surface area contributed by atoms with Gasteiger partial charge in [0.25, 0.3) is 0 Å². The molecule has 4 nitrogen and oxygen atoms in total. The highest BCUT2D eigenvalue weighted by Crippen LogP contribution is 2.08. The van der Waals surface area contributed by atoms with Gasteiger partial charge in [-0.1, -0.05) is 6.07 Å². The minimum Gasteiger partial charge on any atom is -0.307 e. The lowest BCUT2D eigenvalue weighted by atomic mass is 10.2. The van der Waals surface area contributed by atoms with E-state index in [4.69, 9.17) is 0 Å². The average molecular weight is 216 g/mol. The summed E-state index contributed by atoms with van der Waals surface area (Å²) in [5.74, 6) is 0. The molecule has 2 aromatic heterocycles. The summed E-state index contributed by atoms with van der Waals surface area (Å²) in [6, 6.07) is 5.94. The quantitative estimate of drug-likeness (QED) is 0.818. The second kappa shape index (κ2) is 4.90. The van der Waals surface area contributed by atoms with Gasteiger partial charge in [0.1, 0.15) is 0 Å². The molecule has 0 aromatic carbocycles. The lowest BCUT2D eigenvalue weighted by Crippen LogP contribution is -2.14. The Morgan fingerprint density at radius 3 is 2.75 bits per heavy atom. The van der Waals surface area contributed by atoms with Crippen molar-refractivity contribution in [2.45, 2.75) is 26.9 Å². The monoisotopic (exact) mass is 216 g/mol. The van der Waals surface area contributed by atoms with Crippen molar-refractivity contribution in [2.75, 3.05) is 0 Å². The molecule has 0 aliphatic rings. The first-order valence-electron chi connectivity index (χ1n) is 5.38. The number of aryl methyl sites for hydroxylation is 2. The molecule has 2 heterocycles. The van der Waals surface area contributed by atoms with Crippen molar-refractivity contribution < 1.29 is 0 Å². The maximum Gasteiger partial charge on any atom is 0.0638 e. The van der Waals surface area contributed by atoms with Crippen molar-refractivity contribution in [3.05, 3.63) is 47.0 Å². The molecule has 0 aliphatic carbocycles. The number of rotatable bonds is 4. The molecule has 0 spiro atoms. The minimum absolute atomic E-state index is 0.783. The summed E-state index contributed by atoms with van der Waals surface area (Å²) in [6.07, 6.45) is 1.81. The van der Waals surface area contributed by atoms with Crippen LogP contribution in [0.2, 0.25) is 0 Å². The van der Waals surface area contributed by atoms with Gasteiger partial charge in [-0.3, -0.25) is 10.1 Å². The smallest absolute Gasteiger partial charge is 0.0638 e. The molecule has 0 radical (unpaired) electrons. The molecule has 0 aliphatic heterocycles. The summed E-state index contributed by atoms with van der Waals surface area (Å²) in [4.78, 5) is 4.26. The van der Waals surface area contributed by atoms with Crippen LogP contribution in [0.25, 0.3) is 0 Å². The number of hydrogen-bond donors (Lipinski definition) is 2. The topological polar surface area (TPSA) is 53.6 Å². The van der Waals surface area contributed by atoms with Crippen LogP contribution in [0, 0.1) is 13.8 Å². The number of nitrogens with one attached hydrogen (secondary N) is 2. The first kappa shape index (κ1) is 10.8. The van der Waals surface area contributed by atoms with Crippen LogP contribution in [0.4, 0.5) is 0 Å². The van der Waals surface area contributed by atoms with E-state index < -0.39 is 0 Å². The normalized spacial score (nSPS) is 10.6. The number of aromatic nitrogens is 3. The lowest BCUT2D eigenvalue weighted by Gasteiger charge is -2.04. The molecule has 2 N–H and O–H groups in total. The molecule has 0 bridgehead atoms. The Bertz CT molecular complexity index is 428. The van der Waals surface area contributed by atoms with E-state index in [0.29, 0.717) is 0 Å². The van der Waals surface area contributed by atoms with Crippen molar-refractivity contribution in [2.24, 2.45) is 0 Å². The fraction of sp³-hybridized carbons (Fsp3) is 0.333. The van der Waals surface area contributed by atoms with Crippen molar-refractivity contribution >= 4 is 0 Å². The van der Waals surface area contributed by atoms with Crippen LogP contribution in [-0.4, -0.2) is 15.2 Å². The van der Waals surface area contributed by atoms with E-state index in [9.17, 15) is 0 Å². The third-order valence-corrected chi connectivity index (χ3v) is 2.61. The molecule has 0 unspecified atom stereocenters. The Hall–Kier alpha value is -1.68. The average Bonchev–Trinajstić information content (AvgIpc) is 2.62. The molecule has 84 valence electrons. The molecule has 4 heteroatoms. The van der Waals surface area contributed by atoms with Gasteiger partial charge < -0.3 is 5.32 Å². The maximum absolute atomic E-state index is 4.26. The predicted molar refractivity (Wildman–Crippen MR) is 62.8 cm³/mol. The molecule has 0 saturated heterocycles. The summed E-state index contributed by atoms with van der Waals surface area (Å²) >= 11 is 0. The van der Waals surface area contributed by atoms with E-state index in [-0.39, 0.29) is 0 Å². The summed E-state index contributed by atoms with van der Waals surface area (Å²) in [5, 5.41) is 10.5. The number of aromatic amines is 1. The standard InChI is InChI=1S/C12H16N4/c1-9-12(10(2)16-15-9)8-13-7-11-5-3-4-6-14-11/h3-6,13H,7-8H2,1-2H3,(H,15,16). The largest absolute Gasteiger partial charge is 0.307 e. The van der Waals surface area contributed by atoms with Gasteiger partial charge in [-0.05, 0) is 26.0 Å². The molecule has 0 fully saturated rings. The first-order chi connectivity index (χ1) is 7.77. The van der Waals surface area contributed by atoms with Gasteiger partial charge in [-0.15, -0.1) is 0 Å². The van der Waals surface area contributed by atoms with Gasteiger partial charge in [-0.2, -0.15) is 5.10 Å². The van der Waals surface area contributed by atoms with E-state index >= 15 is 0 Å². The van der Waals surface area contributed by atoms with E-state index in [0.717, 1.165) is 30.2 Å². The van der Waals surface area contributed by atoms with Crippen LogP contribution in [0.15, 0.2) is 24.4 Å². The lowest BCUT2D eigenvalue weighted by molar-refractivity contribution is 0.675. The van der Waals surface area contributed by atoms with Crippen LogP contribution in [0.5, 0.6) is 0 Å². The van der Waals surface area contributed by atoms with Crippen molar-refractivity contribution in [1.82, 2.24) is 20.5 Å². The second-order valence-corrected chi connectivity index (χ2v) is 3.84. The van der Waals surface area contributed by atoms with Gasteiger partial charge in [0.05, 0.1) is 11.4 Å². The van der Waals surface area contributed by atoms with Gasteiger partial charge in [-0.25, -0.2) is 0 Å². The first-order valence-corrected chi connectivity index (χ1v) is 5.38. The van der Waals surface area contributed by atoms with Gasteiger partial charge in [0.2, 0.25) is 0 Å². The van der Waals surface area contributed by atoms with E-state index in [1.807, 2.05) is 38.2 Å². The minimum atomic E-state index is 0.783. The third-order valence-electron chi connectivity index (χ3n) is 2.61. The molecular weight excluding hydrogens is 200 g/mol. The Balaban J connectivity index is 1.89. The van der Waals surface area contributed by atoms with Gasteiger partial charge in [0, 0.05) is 30.5 Å². The SMILES string of the molecule is Cc1n[nH]c(C)c1CNCc1ccccn1. The van der Waals surface area contributed by atoms with Crippen molar-refractivity contribution in [3.63, 3.8) is 0 Å². The van der Waals surface area contributed by atoms with Crippen LogP contribution < -0.4 is 5.32 Å². The summed E-state index contributed by atoms with van der Waals surface area (Å²) < 4.78 is 0. The molecule has 0 atom stereocenters. The zero-order valence-electron chi connectivity index (χ0n) is 9.62. The Labute approximate surface area is 95.1 Å². The summed E-state index contributed by atoms with van der Waals surface area (Å²) in [5.41, 5.74) is 4.49. The highest BCUT2D eigenvalue weighted by molar-refractivity contribution is 5.22. The van der Waals surface area contributed by atoms with Gasteiger partial charge in [0.15, 0.2) is 0 Å². The van der Waals surface area contributed by atoms with E-state index in [1.54, 1.807) is 0 Å². The Morgan fingerprint density at radius 1 is 1.25 bits per heavy atom. The third kappa shape index (κ3) is 2.46. The number of hydrogen-bond acceptors (Lipinski definition) is 3. The summed E-state index contributed by atoms with van der Waals surface area (Å²) in [6.45, 7) is 5.66. The fourth-order valence-electron chi connectivity index (χ4n) is 1.65. The van der Waals surface area contributed by atoms with Crippen molar-refractivity contribution in [1.29, 1.82) is 0 Å². The van der Waals surface area contributed by atoms with Crippen LogP contribution >= 0.6 is 0 Å². The second-order valence-electron chi connectivity index (χ2n) is 3.84. The van der Waals surface area contributed by atoms with Crippen molar-refractivity contribution in [3.8, 4) is 0 Å². The maximum atomic E-state index is 4.26. The zero-order chi connectivity index (χ0) is 11.4. The highest BCUT2D eigenvalue weighted by Gasteiger charge is 2.05. The van der Waals surface area contributed by atoms with Crippen LogP contribution in [-0.2, 0) is 13.1 Å². The number of H-pyrrole nitrogens is 1. The van der Waals surface area contributed by atoms with Crippen LogP contribution in [0.1, 0.15) is 22.6 Å². The molecule has 2 rings (SSSR count). The molecule has 2 aromatic rings. The molecule has 0 saturated carbocycles. The van der Waals surface area contributed by atoms with Gasteiger partial charge >= 0.3 is 0 Å². The zero-order valence-corrected chi connectivity index (χ0v) is 9.62. The molecule has 0 amide bonds. The van der Waals surface area contributed by atoms with E-state index in [1.165, 1.54) is 5.56 Å². The molecule has 16 heavy (non-hydrogen) atoms. The highest BCUT2D eigenvalue weighted by atomic mass is 15.1. The predicted octanol–water partition coefficient (Wildman–Crippen LogP) is 1.71.